The van der Waals surface area contributed by atoms with Crippen molar-refractivity contribution in [1.82, 2.24) is 20.3 Å². The van der Waals surface area contributed by atoms with E-state index in [9.17, 15) is 18.0 Å². The topological polar surface area (TPSA) is 117 Å². The van der Waals surface area contributed by atoms with E-state index in [0.29, 0.717) is 25.9 Å². The Balaban J connectivity index is 1.38. The number of amides is 2. The number of carbonyl (C=O) groups excluding carboxylic acids is 2. The van der Waals surface area contributed by atoms with Crippen LogP contribution in [0.2, 0.25) is 0 Å². The summed E-state index contributed by atoms with van der Waals surface area (Å²) in [4.78, 5) is 29.1. The number of nitrogens with one attached hydrogen (secondary N) is 3. The lowest BCUT2D eigenvalue weighted by molar-refractivity contribution is -0.131. The smallest absolute Gasteiger partial charge is 0.242 e. The summed E-state index contributed by atoms with van der Waals surface area (Å²) in [5.74, 6) is -0.329. The predicted molar refractivity (Wildman–Crippen MR) is 121 cm³/mol. The number of benzene rings is 1. The van der Waals surface area contributed by atoms with Gasteiger partial charge in [-0.3, -0.25) is 14.6 Å². The minimum absolute atomic E-state index is 0.125. The normalized spacial score (nSPS) is 19.7. The number of nitrogens with zero attached hydrogens (tertiary/aromatic N) is 1. The number of pyridine rings is 1. The monoisotopic (exact) mass is 458 g/mol. The minimum atomic E-state index is -3.52. The fourth-order valence-corrected chi connectivity index (χ4v) is 4.92. The highest BCUT2D eigenvalue weighted by Gasteiger charge is 2.28. The first-order chi connectivity index (χ1) is 15.3. The van der Waals surface area contributed by atoms with Crippen LogP contribution in [-0.4, -0.2) is 37.8 Å². The number of sulfonamides is 1. The van der Waals surface area contributed by atoms with Crippen LogP contribution in [0.1, 0.15) is 38.2 Å². The molecule has 1 atom stereocenters. The van der Waals surface area contributed by atoms with Crippen molar-refractivity contribution in [3.8, 4) is 0 Å². The van der Waals surface area contributed by atoms with Crippen LogP contribution in [0.25, 0.3) is 0 Å². The molecule has 9 heteroatoms. The van der Waals surface area contributed by atoms with Crippen molar-refractivity contribution in [2.24, 2.45) is 11.8 Å². The van der Waals surface area contributed by atoms with Crippen LogP contribution >= 0.6 is 0 Å². The lowest BCUT2D eigenvalue weighted by Crippen LogP contribution is -2.47. The van der Waals surface area contributed by atoms with E-state index < -0.39 is 16.1 Å². The van der Waals surface area contributed by atoms with Gasteiger partial charge in [0.25, 0.3) is 0 Å². The van der Waals surface area contributed by atoms with Crippen molar-refractivity contribution < 1.29 is 18.0 Å². The number of aromatic nitrogens is 1. The fourth-order valence-electron chi connectivity index (χ4n) is 3.78. The number of hydrogen-bond acceptors (Lipinski definition) is 5. The average molecular weight is 459 g/mol. The molecule has 0 bridgehead atoms. The van der Waals surface area contributed by atoms with Crippen LogP contribution < -0.4 is 15.4 Å². The van der Waals surface area contributed by atoms with Crippen molar-refractivity contribution in [1.29, 1.82) is 0 Å². The number of rotatable bonds is 9. The minimum Gasteiger partial charge on any atom is -0.350 e. The second kappa shape index (κ2) is 11.2. The Morgan fingerprint density at radius 2 is 1.69 bits per heavy atom. The van der Waals surface area contributed by atoms with Gasteiger partial charge < -0.3 is 10.6 Å². The van der Waals surface area contributed by atoms with E-state index >= 15 is 0 Å². The van der Waals surface area contributed by atoms with Gasteiger partial charge in [0.2, 0.25) is 21.8 Å². The molecule has 2 aromatic rings. The molecule has 3 rings (SSSR count). The van der Waals surface area contributed by atoms with Crippen molar-refractivity contribution in [3.05, 3.63) is 60.4 Å². The molecule has 1 aromatic heterocycles. The first-order valence-corrected chi connectivity index (χ1v) is 12.3. The Morgan fingerprint density at radius 1 is 1.03 bits per heavy atom. The second-order valence-corrected chi connectivity index (χ2v) is 9.95. The lowest BCUT2D eigenvalue weighted by atomic mass is 9.81. The second-order valence-electron chi connectivity index (χ2n) is 8.19. The van der Waals surface area contributed by atoms with E-state index in [4.69, 9.17) is 0 Å². The quantitative estimate of drug-likeness (QED) is 0.531. The molecule has 0 saturated heterocycles. The highest BCUT2D eigenvalue weighted by molar-refractivity contribution is 7.89. The zero-order valence-electron chi connectivity index (χ0n) is 18.2. The molecular weight excluding hydrogens is 428 g/mol. The summed E-state index contributed by atoms with van der Waals surface area (Å²) in [6.45, 7) is 2.41. The van der Waals surface area contributed by atoms with Crippen molar-refractivity contribution in [2.75, 3.05) is 6.54 Å². The molecule has 0 spiro atoms. The molecule has 1 aliphatic carbocycles. The number of carbonyl (C=O) groups is 2. The largest absolute Gasteiger partial charge is 0.350 e. The van der Waals surface area contributed by atoms with Crippen LogP contribution in [0.4, 0.5) is 0 Å². The Kier molecular flexibility index (Phi) is 8.35. The van der Waals surface area contributed by atoms with Gasteiger partial charge in [-0.1, -0.05) is 18.2 Å². The summed E-state index contributed by atoms with van der Waals surface area (Å²) in [6.07, 6.45) is 6.20. The summed E-state index contributed by atoms with van der Waals surface area (Å²) in [5.41, 5.74) is 0.938. The van der Waals surface area contributed by atoms with Crippen LogP contribution in [0.5, 0.6) is 0 Å². The predicted octanol–water partition coefficient (Wildman–Crippen LogP) is 1.99. The molecule has 172 valence electrons. The molecule has 3 N–H and O–H groups in total. The average Bonchev–Trinajstić information content (AvgIpc) is 2.82. The number of hydrogen-bond donors (Lipinski definition) is 3. The Morgan fingerprint density at radius 3 is 2.34 bits per heavy atom. The van der Waals surface area contributed by atoms with Gasteiger partial charge in [-0.05, 0) is 68.4 Å². The van der Waals surface area contributed by atoms with E-state index in [0.717, 1.165) is 18.4 Å². The van der Waals surface area contributed by atoms with E-state index in [1.807, 2.05) is 12.1 Å². The third-order valence-electron chi connectivity index (χ3n) is 5.80. The fraction of sp³-hybridized carbons (Fsp3) is 0.435. The maximum Gasteiger partial charge on any atom is 0.242 e. The Hall–Kier alpha value is -2.78. The molecule has 0 radical (unpaired) electrons. The van der Waals surface area contributed by atoms with Gasteiger partial charge in [-0.2, -0.15) is 0 Å². The van der Waals surface area contributed by atoms with E-state index in [2.05, 4.69) is 20.3 Å². The van der Waals surface area contributed by atoms with Crippen LogP contribution in [-0.2, 0) is 26.2 Å². The summed E-state index contributed by atoms with van der Waals surface area (Å²) >= 11 is 0. The first kappa shape index (κ1) is 23.9. The van der Waals surface area contributed by atoms with Gasteiger partial charge in [-0.15, -0.1) is 0 Å². The molecule has 8 nitrogen and oxygen atoms in total. The molecule has 2 amide bonds. The molecule has 1 aliphatic rings. The molecule has 1 heterocycles. The highest BCUT2D eigenvalue weighted by atomic mass is 32.2. The van der Waals surface area contributed by atoms with Crippen molar-refractivity contribution >= 4 is 21.8 Å². The third-order valence-corrected chi connectivity index (χ3v) is 7.24. The summed E-state index contributed by atoms with van der Waals surface area (Å²) < 4.78 is 27.4. The summed E-state index contributed by atoms with van der Waals surface area (Å²) in [7, 11) is -3.52. The van der Waals surface area contributed by atoms with Crippen LogP contribution in [0.3, 0.4) is 0 Å². The molecule has 0 aliphatic heterocycles. The zero-order chi connectivity index (χ0) is 23.0. The molecular formula is C23H30N4O4S. The van der Waals surface area contributed by atoms with E-state index in [1.54, 1.807) is 49.6 Å². The zero-order valence-corrected chi connectivity index (χ0v) is 19.0. The summed E-state index contributed by atoms with van der Waals surface area (Å²) in [6, 6.07) is 11.3. The first-order valence-electron chi connectivity index (χ1n) is 10.9. The van der Waals surface area contributed by atoms with Crippen LogP contribution in [0, 0.1) is 11.8 Å². The van der Waals surface area contributed by atoms with Gasteiger partial charge >= 0.3 is 0 Å². The van der Waals surface area contributed by atoms with Gasteiger partial charge in [0.1, 0.15) is 6.04 Å². The van der Waals surface area contributed by atoms with Gasteiger partial charge in [-0.25, -0.2) is 13.1 Å². The molecule has 0 unspecified atom stereocenters. The molecule has 32 heavy (non-hydrogen) atoms. The standard InChI is InChI=1S/C23H30N4O4S/c1-17(22(28)25-15-19-11-13-24-14-12-19)27-23(29)20-9-7-18(8-10-20)16-26-32(30,31)21-5-3-2-4-6-21/h2-6,11-14,17-18,20,26H,7-10,15-16H2,1H3,(H,25,28)(H,27,29)/t17-,18?,20?/m1/s1. The SMILES string of the molecule is C[C@@H](NC(=O)C1CCC(CNS(=O)(=O)c2ccccc2)CC1)C(=O)NCc1ccncc1. The van der Waals surface area contributed by atoms with E-state index in [1.165, 1.54) is 0 Å². The molecule has 1 saturated carbocycles. The van der Waals surface area contributed by atoms with Crippen molar-refractivity contribution in [3.63, 3.8) is 0 Å². The Labute approximate surface area is 189 Å². The van der Waals surface area contributed by atoms with Gasteiger partial charge in [0.15, 0.2) is 0 Å². The Bertz CT molecular complexity index is 991. The maximum atomic E-state index is 12.6. The van der Waals surface area contributed by atoms with Gasteiger partial charge in [0, 0.05) is 31.4 Å². The summed E-state index contributed by atoms with van der Waals surface area (Å²) in [5, 5.41) is 5.62. The van der Waals surface area contributed by atoms with Crippen molar-refractivity contribution in [2.45, 2.75) is 50.1 Å². The maximum absolute atomic E-state index is 12.6. The lowest BCUT2D eigenvalue weighted by Gasteiger charge is -2.28. The van der Waals surface area contributed by atoms with Gasteiger partial charge in [0.05, 0.1) is 4.90 Å². The van der Waals surface area contributed by atoms with E-state index in [-0.39, 0.29) is 28.5 Å². The third kappa shape index (κ3) is 6.86. The van der Waals surface area contributed by atoms with Crippen LogP contribution in [0.15, 0.2) is 59.8 Å². The molecule has 1 fully saturated rings. The highest BCUT2D eigenvalue weighted by Crippen LogP contribution is 2.29. The molecule has 1 aromatic carbocycles.